The Hall–Kier alpha value is -3.09. The van der Waals surface area contributed by atoms with E-state index < -0.39 is 0 Å². The molecule has 0 unspecified atom stereocenters. The summed E-state index contributed by atoms with van der Waals surface area (Å²) in [6.07, 6.45) is 5.97. The van der Waals surface area contributed by atoms with Gasteiger partial charge in [0.1, 0.15) is 0 Å². The Morgan fingerprint density at radius 1 is 1.15 bits per heavy atom. The van der Waals surface area contributed by atoms with E-state index in [0.717, 1.165) is 48.4 Å². The highest BCUT2D eigenvalue weighted by Gasteiger charge is 2.05. The van der Waals surface area contributed by atoms with Crippen LogP contribution in [0.5, 0.6) is 0 Å². The van der Waals surface area contributed by atoms with Gasteiger partial charge < -0.3 is 15.2 Å². The number of guanidine groups is 1. The largest absolute Gasteiger partial charge is 0.357 e. The maximum Gasteiger partial charge on any atom is 0.191 e. The van der Waals surface area contributed by atoms with Crippen molar-refractivity contribution in [2.24, 2.45) is 4.99 Å². The molecule has 0 spiro atoms. The van der Waals surface area contributed by atoms with E-state index in [-0.39, 0.29) is 0 Å². The van der Waals surface area contributed by atoms with Crippen LogP contribution < -0.4 is 10.6 Å². The minimum absolute atomic E-state index is 0.573. The first-order chi connectivity index (χ1) is 13.2. The summed E-state index contributed by atoms with van der Waals surface area (Å²) in [7, 11) is 0. The Balaban J connectivity index is 1.59. The first kappa shape index (κ1) is 18.7. The van der Waals surface area contributed by atoms with Gasteiger partial charge in [0, 0.05) is 43.9 Å². The molecule has 3 rings (SSSR count). The molecule has 0 saturated heterocycles. The Morgan fingerprint density at radius 3 is 2.59 bits per heavy atom. The lowest BCUT2D eigenvalue weighted by Crippen LogP contribution is -2.38. The zero-order valence-electron chi connectivity index (χ0n) is 16.2. The molecular weight excluding hydrogens is 338 g/mol. The van der Waals surface area contributed by atoms with Crippen molar-refractivity contribution in [3.63, 3.8) is 0 Å². The lowest BCUT2D eigenvalue weighted by atomic mass is 10.3. The van der Waals surface area contributed by atoms with E-state index >= 15 is 0 Å². The first-order valence-corrected chi connectivity index (χ1v) is 9.27. The predicted octanol–water partition coefficient (Wildman–Crippen LogP) is 2.44. The van der Waals surface area contributed by atoms with Crippen LogP contribution in [0.25, 0.3) is 5.82 Å². The van der Waals surface area contributed by atoms with Gasteiger partial charge in [0.15, 0.2) is 11.8 Å². The summed E-state index contributed by atoms with van der Waals surface area (Å²) in [5.41, 5.74) is 3.12. The Morgan fingerprint density at radius 2 is 1.96 bits per heavy atom. The van der Waals surface area contributed by atoms with E-state index in [9.17, 15) is 0 Å². The number of hydrogen-bond acceptors (Lipinski definition) is 3. The molecule has 0 radical (unpaired) electrons. The smallest absolute Gasteiger partial charge is 0.191 e. The van der Waals surface area contributed by atoms with Crippen molar-refractivity contribution < 1.29 is 0 Å². The molecule has 0 bridgehead atoms. The lowest BCUT2D eigenvalue weighted by Gasteiger charge is -2.12. The van der Waals surface area contributed by atoms with Gasteiger partial charge in [0.05, 0.1) is 12.2 Å². The highest BCUT2D eigenvalue weighted by molar-refractivity contribution is 5.79. The monoisotopic (exact) mass is 365 g/mol. The molecule has 3 aromatic rings. The predicted molar refractivity (Wildman–Crippen MR) is 108 cm³/mol. The standard InChI is InChI=1S/C20H27N7/c1-4-21-20(22-9-12-26-10-5-6-11-26)24-15-18-7-8-19(23-14-18)27-17(3)13-16(2)25-27/h5-8,10-11,13-14H,4,9,12,15H2,1-3H3,(H2,21,22,24). The minimum Gasteiger partial charge on any atom is -0.357 e. The molecule has 0 fully saturated rings. The molecule has 0 atom stereocenters. The van der Waals surface area contributed by atoms with Gasteiger partial charge in [0.25, 0.3) is 0 Å². The SMILES string of the molecule is CCNC(=NCc1ccc(-n2nc(C)cc2C)nc1)NCCn1cccc1. The number of rotatable bonds is 7. The van der Waals surface area contributed by atoms with Crippen molar-refractivity contribution in [1.82, 2.24) is 30.0 Å². The summed E-state index contributed by atoms with van der Waals surface area (Å²) in [4.78, 5) is 9.18. The van der Waals surface area contributed by atoms with Crippen LogP contribution in [-0.4, -0.2) is 38.4 Å². The van der Waals surface area contributed by atoms with Crippen molar-refractivity contribution in [3.8, 4) is 5.82 Å². The van der Waals surface area contributed by atoms with Crippen molar-refractivity contribution in [2.45, 2.75) is 33.9 Å². The van der Waals surface area contributed by atoms with Gasteiger partial charge in [-0.15, -0.1) is 0 Å². The van der Waals surface area contributed by atoms with Crippen LogP contribution in [0.4, 0.5) is 0 Å². The molecule has 142 valence electrons. The van der Waals surface area contributed by atoms with E-state index in [0.29, 0.717) is 6.54 Å². The van der Waals surface area contributed by atoms with Crippen molar-refractivity contribution >= 4 is 5.96 Å². The molecule has 3 heterocycles. The van der Waals surface area contributed by atoms with Gasteiger partial charge in [-0.1, -0.05) is 6.07 Å². The summed E-state index contributed by atoms with van der Waals surface area (Å²) >= 11 is 0. The normalized spacial score (nSPS) is 11.6. The molecule has 0 aliphatic carbocycles. The quantitative estimate of drug-likeness (QED) is 0.498. The molecule has 0 aromatic carbocycles. The van der Waals surface area contributed by atoms with Crippen LogP contribution in [-0.2, 0) is 13.1 Å². The molecule has 2 N–H and O–H groups in total. The highest BCUT2D eigenvalue weighted by Crippen LogP contribution is 2.10. The summed E-state index contributed by atoms with van der Waals surface area (Å²) < 4.78 is 3.99. The minimum atomic E-state index is 0.573. The zero-order chi connectivity index (χ0) is 19.1. The molecule has 0 amide bonds. The van der Waals surface area contributed by atoms with Crippen LogP contribution in [0.1, 0.15) is 23.9 Å². The van der Waals surface area contributed by atoms with Crippen LogP contribution in [0, 0.1) is 13.8 Å². The van der Waals surface area contributed by atoms with E-state index in [1.54, 1.807) is 0 Å². The maximum absolute atomic E-state index is 4.65. The van der Waals surface area contributed by atoms with Crippen molar-refractivity contribution in [3.05, 3.63) is 65.9 Å². The molecule has 7 nitrogen and oxygen atoms in total. The number of aryl methyl sites for hydroxylation is 2. The summed E-state index contributed by atoms with van der Waals surface area (Å²) in [5, 5.41) is 11.1. The second-order valence-electron chi connectivity index (χ2n) is 6.41. The van der Waals surface area contributed by atoms with Gasteiger partial charge in [-0.2, -0.15) is 5.10 Å². The average Bonchev–Trinajstić information content (AvgIpc) is 3.29. The second kappa shape index (κ2) is 9.02. The highest BCUT2D eigenvalue weighted by atomic mass is 15.3. The Bertz CT molecular complexity index is 860. The average molecular weight is 365 g/mol. The van der Waals surface area contributed by atoms with Gasteiger partial charge >= 0.3 is 0 Å². The Kier molecular flexibility index (Phi) is 6.25. The van der Waals surface area contributed by atoms with Gasteiger partial charge in [-0.05, 0) is 50.6 Å². The maximum atomic E-state index is 4.65. The summed E-state index contributed by atoms with van der Waals surface area (Å²) in [6, 6.07) is 10.1. The third-order valence-electron chi connectivity index (χ3n) is 4.13. The third kappa shape index (κ3) is 5.20. The van der Waals surface area contributed by atoms with E-state index in [4.69, 9.17) is 0 Å². The van der Waals surface area contributed by atoms with Crippen LogP contribution in [0.3, 0.4) is 0 Å². The molecular formula is C20H27N7. The molecule has 0 saturated carbocycles. The number of aromatic nitrogens is 4. The summed E-state index contributed by atoms with van der Waals surface area (Å²) in [5.74, 6) is 1.64. The zero-order valence-corrected chi connectivity index (χ0v) is 16.2. The van der Waals surface area contributed by atoms with E-state index in [2.05, 4.69) is 49.6 Å². The molecule has 3 aromatic heterocycles. The number of aliphatic imine (C=N–C) groups is 1. The van der Waals surface area contributed by atoms with Crippen LogP contribution in [0.15, 0.2) is 53.9 Å². The third-order valence-corrected chi connectivity index (χ3v) is 4.13. The molecule has 27 heavy (non-hydrogen) atoms. The number of pyridine rings is 1. The number of nitrogens with zero attached hydrogens (tertiary/aromatic N) is 5. The van der Waals surface area contributed by atoms with E-state index in [1.807, 2.05) is 55.1 Å². The van der Waals surface area contributed by atoms with Crippen molar-refractivity contribution in [2.75, 3.05) is 13.1 Å². The van der Waals surface area contributed by atoms with E-state index in [1.165, 1.54) is 0 Å². The fourth-order valence-corrected chi connectivity index (χ4v) is 2.83. The summed E-state index contributed by atoms with van der Waals surface area (Å²) in [6.45, 7) is 9.19. The molecule has 0 aliphatic heterocycles. The van der Waals surface area contributed by atoms with Gasteiger partial charge in [0.2, 0.25) is 0 Å². The van der Waals surface area contributed by atoms with Crippen LogP contribution >= 0.6 is 0 Å². The lowest BCUT2D eigenvalue weighted by molar-refractivity contribution is 0.665. The molecule has 0 aliphatic rings. The van der Waals surface area contributed by atoms with Crippen LogP contribution in [0.2, 0.25) is 0 Å². The van der Waals surface area contributed by atoms with Crippen molar-refractivity contribution in [1.29, 1.82) is 0 Å². The second-order valence-corrected chi connectivity index (χ2v) is 6.41. The van der Waals surface area contributed by atoms with Gasteiger partial charge in [-0.25, -0.2) is 14.7 Å². The number of hydrogen-bond donors (Lipinski definition) is 2. The molecule has 7 heteroatoms. The Labute approximate surface area is 160 Å². The fraction of sp³-hybridized carbons (Fsp3) is 0.350. The van der Waals surface area contributed by atoms with Gasteiger partial charge in [-0.3, -0.25) is 0 Å². The fourth-order valence-electron chi connectivity index (χ4n) is 2.83. The number of nitrogens with one attached hydrogen (secondary N) is 2. The topological polar surface area (TPSA) is 72.1 Å². The first-order valence-electron chi connectivity index (χ1n) is 9.27.